The minimum atomic E-state index is -3.52. The molecule has 0 saturated heterocycles. The molecule has 7 heteroatoms. The Morgan fingerprint density at radius 2 is 2.10 bits per heavy atom. The molecule has 0 saturated carbocycles. The van der Waals surface area contributed by atoms with E-state index in [-0.39, 0.29) is 16.6 Å². The number of nitrogen functional groups attached to an aromatic ring is 1. The maximum absolute atomic E-state index is 11.8. The fraction of sp³-hybridized carbons (Fsp3) is 0.286. The van der Waals surface area contributed by atoms with Crippen LogP contribution in [0, 0.1) is 0 Å². The van der Waals surface area contributed by atoms with Crippen LogP contribution in [-0.4, -0.2) is 21.5 Å². The van der Waals surface area contributed by atoms with Crippen molar-refractivity contribution >= 4 is 32.7 Å². The normalized spacial score (nSPS) is 13.0. The van der Waals surface area contributed by atoms with E-state index in [1.54, 1.807) is 23.5 Å². The number of anilines is 2. The summed E-state index contributed by atoms with van der Waals surface area (Å²) in [7, 11) is -2.15. The molecular formula is C14H19N3O2S2. The molecule has 114 valence electrons. The lowest BCUT2D eigenvalue weighted by atomic mass is 10.1. The smallest absolute Gasteiger partial charge is 0.242 e. The van der Waals surface area contributed by atoms with Crippen LogP contribution in [0.2, 0.25) is 0 Å². The predicted octanol–water partition coefficient (Wildman–Crippen LogP) is 2.28. The van der Waals surface area contributed by atoms with Gasteiger partial charge in [-0.3, -0.25) is 0 Å². The number of nitrogens with one attached hydrogen (secondary N) is 2. The third-order valence-corrected chi connectivity index (χ3v) is 5.32. The fourth-order valence-corrected chi connectivity index (χ4v) is 3.61. The summed E-state index contributed by atoms with van der Waals surface area (Å²) in [4.78, 5) is 0.0982. The second kappa shape index (κ2) is 6.46. The monoisotopic (exact) mass is 325 g/mol. The zero-order chi connectivity index (χ0) is 15.5. The minimum absolute atomic E-state index is 0.0982. The summed E-state index contributed by atoms with van der Waals surface area (Å²) < 4.78 is 25.8. The van der Waals surface area contributed by atoms with Crippen LogP contribution in [0.3, 0.4) is 0 Å². The van der Waals surface area contributed by atoms with Gasteiger partial charge in [0.05, 0.1) is 5.69 Å². The molecule has 0 aliphatic heterocycles. The standard InChI is InChI=1S/C14H19N3O2S2/c1-10(7-11-5-6-20-9-11)17-12-3-4-14(13(15)8-12)21(18,19)16-2/h3-6,8-10,16-17H,7,15H2,1-2H3. The van der Waals surface area contributed by atoms with Gasteiger partial charge < -0.3 is 11.1 Å². The second-order valence-corrected chi connectivity index (χ2v) is 7.48. The van der Waals surface area contributed by atoms with Gasteiger partial charge in [-0.2, -0.15) is 11.3 Å². The van der Waals surface area contributed by atoms with E-state index in [1.165, 1.54) is 18.7 Å². The molecule has 0 amide bonds. The van der Waals surface area contributed by atoms with Crippen LogP contribution in [0.5, 0.6) is 0 Å². The SMILES string of the molecule is CNS(=O)(=O)c1ccc(NC(C)Cc2ccsc2)cc1N. The van der Waals surface area contributed by atoms with Gasteiger partial charge in [-0.05, 0) is 61.0 Å². The molecule has 2 rings (SSSR count). The van der Waals surface area contributed by atoms with Gasteiger partial charge >= 0.3 is 0 Å². The van der Waals surface area contributed by atoms with Gasteiger partial charge in [0.15, 0.2) is 0 Å². The van der Waals surface area contributed by atoms with Crippen molar-refractivity contribution in [3.05, 3.63) is 40.6 Å². The molecular weight excluding hydrogens is 306 g/mol. The van der Waals surface area contributed by atoms with E-state index in [0.29, 0.717) is 0 Å². The second-order valence-electron chi connectivity index (χ2n) is 4.84. The van der Waals surface area contributed by atoms with Crippen LogP contribution < -0.4 is 15.8 Å². The Hall–Kier alpha value is -1.57. The molecule has 0 radical (unpaired) electrons. The predicted molar refractivity (Wildman–Crippen MR) is 88.2 cm³/mol. The molecule has 21 heavy (non-hydrogen) atoms. The summed E-state index contributed by atoms with van der Waals surface area (Å²) in [6, 6.07) is 7.21. The Labute approximate surface area is 129 Å². The van der Waals surface area contributed by atoms with Crippen LogP contribution in [0.25, 0.3) is 0 Å². The van der Waals surface area contributed by atoms with Crippen LogP contribution in [0.4, 0.5) is 11.4 Å². The molecule has 2 aromatic rings. The average Bonchev–Trinajstić information content (AvgIpc) is 2.91. The maximum Gasteiger partial charge on any atom is 0.242 e. The molecule has 1 heterocycles. The Morgan fingerprint density at radius 1 is 1.33 bits per heavy atom. The molecule has 0 fully saturated rings. The Balaban J connectivity index is 2.10. The first-order chi connectivity index (χ1) is 9.92. The summed E-state index contributed by atoms with van der Waals surface area (Å²) in [5.41, 5.74) is 8.16. The third kappa shape index (κ3) is 3.96. The van der Waals surface area contributed by atoms with E-state index >= 15 is 0 Å². The Bertz CT molecular complexity index is 697. The minimum Gasteiger partial charge on any atom is -0.398 e. The van der Waals surface area contributed by atoms with Crippen molar-refractivity contribution in [2.24, 2.45) is 0 Å². The summed E-state index contributed by atoms with van der Waals surface area (Å²) >= 11 is 1.68. The lowest BCUT2D eigenvalue weighted by Crippen LogP contribution is -2.21. The van der Waals surface area contributed by atoms with Crippen LogP contribution in [0.15, 0.2) is 39.9 Å². The first-order valence-corrected chi connectivity index (χ1v) is 8.95. The lowest BCUT2D eigenvalue weighted by Gasteiger charge is -2.16. The summed E-state index contributed by atoms with van der Waals surface area (Å²) in [6.07, 6.45) is 0.903. The zero-order valence-electron chi connectivity index (χ0n) is 12.0. The van der Waals surface area contributed by atoms with Gasteiger partial charge in [0, 0.05) is 11.7 Å². The van der Waals surface area contributed by atoms with Crippen molar-refractivity contribution in [3.63, 3.8) is 0 Å². The highest BCUT2D eigenvalue weighted by Gasteiger charge is 2.15. The average molecular weight is 325 g/mol. The molecule has 0 aliphatic carbocycles. The summed E-state index contributed by atoms with van der Waals surface area (Å²) in [6.45, 7) is 2.08. The number of hydrogen-bond acceptors (Lipinski definition) is 5. The quantitative estimate of drug-likeness (QED) is 0.711. The van der Waals surface area contributed by atoms with Crippen LogP contribution in [-0.2, 0) is 16.4 Å². The first kappa shape index (κ1) is 15.8. The molecule has 5 nitrogen and oxygen atoms in total. The van der Waals surface area contributed by atoms with E-state index < -0.39 is 10.0 Å². The van der Waals surface area contributed by atoms with Crippen molar-refractivity contribution < 1.29 is 8.42 Å². The van der Waals surface area contributed by atoms with Gasteiger partial charge in [-0.25, -0.2) is 13.1 Å². The number of hydrogen-bond donors (Lipinski definition) is 3. The number of nitrogens with two attached hydrogens (primary N) is 1. The highest BCUT2D eigenvalue weighted by molar-refractivity contribution is 7.89. The molecule has 4 N–H and O–H groups in total. The van der Waals surface area contributed by atoms with Gasteiger partial charge in [0.2, 0.25) is 10.0 Å². The van der Waals surface area contributed by atoms with Crippen molar-refractivity contribution in [2.75, 3.05) is 18.1 Å². The van der Waals surface area contributed by atoms with Crippen LogP contribution in [0.1, 0.15) is 12.5 Å². The molecule has 0 spiro atoms. The van der Waals surface area contributed by atoms with E-state index in [4.69, 9.17) is 5.73 Å². The number of thiophene rings is 1. The van der Waals surface area contributed by atoms with E-state index in [9.17, 15) is 8.42 Å². The fourth-order valence-electron chi connectivity index (χ4n) is 2.09. The topological polar surface area (TPSA) is 84.2 Å². The van der Waals surface area contributed by atoms with Crippen molar-refractivity contribution in [3.8, 4) is 0 Å². The molecule has 1 aromatic carbocycles. The van der Waals surface area contributed by atoms with Crippen molar-refractivity contribution in [1.29, 1.82) is 0 Å². The highest BCUT2D eigenvalue weighted by Crippen LogP contribution is 2.23. The van der Waals surface area contributed by atoms with Gasteiger partial charge in [0.1, 0.15) is 4.90 Å². The van der Waals surface area contributed by atoms with Crippen LogP contribution >= 0.6 is 11.3 Å². The molecule has 1 aromatic heterocycles. The zero-order valence-corrected chi connectivity index (χ0v) is 13.6. The molecule has 1 atom stereocenters. The highest BCUT2D eigenvalue weighted by atomic mass is 32.2. The number of sulfonamides is 1. The summed E-state index contributed by atoms with van der Waals surface area (Å²) in [5.74, 6) is 0. The first-order valence-electron chi connectivity index (χ1n) is 6.53. The summed E-state index contributed by atoms with van der Waals surface area (Å²) in [5, 5.41) is 7.50. The van der Waals surface area contributed by atoms with Gasteiger partial charge in [0.25, 0.3) is 0 Å². The molecule has 1 unspecified atom stereocenters. The molecule has 0 aliphatic rings. The number of rotatable bonds is 6. The number of benzene rings is 1. The Morgan fingerprint density at radius 3 is 2.67 bits per heavy atom. The largest absolute Gasteiger partial charge is 0.398 e. The Kier molecular flexibility index (Phi) is 4.87. The maximum atomic E-state index is 11.8. The van der Waals surface area contributed by atoms with E-state index in [1.807, 2.05) is 0 Å². The lowest BCUT2D eigenvalue weighted by molar-refractivity contribution is 0.588. The third-order valence-electron chi connectivity index (χ3n) is 3.10. The van der Waals surface area contributed by atoms with Crippen molar-refractivity contribution in [2.45, 2.75) is 24.3 Å². The van der Waals surface area contributed by atoms with Crippen molar-refractivity contribution in [1.82, 2.24) is 4.72 Å². The van der Waals surface area contributed by atoms with E-state index in [2.05, 4.69) is 33.8 Å². The van der Waals surface area contributed by atoms with Gasteiger partial charge in [-0.15, -0.1) is 0 Å². The van der Waals surface area contributed by atoms with E-state index in [0.717, 1.165) is 12.1 Å². The molecule has 0 bridgehead atoms. The van der Waals surface area contributed by atoms with Gasteiger partial charge in [-0.1, -0.05) is 0 Å².